The van der Waals surface area contributed by atoms with Crippen LogP contribution in [0.5, 0.6) is 0 Å². The molecule has 0 aliphatic heterocycles. The number of fused-ring (bicyclic) bond motifs is 6. The molecule has 2 aromatic heterocycles. The van der Waals surface area contributed by atoms with Gasteiger partial charge in [0.05, 0.1) is 6.07 Å². The highest BCUT2D eigenvalue weighted by molar-refractivity contribution is 6.53. The minimum Gasteiger partial charge on any atom is -0.444 e. The Kier molecular flexibility index (Phi) is 11.2. The standard InChI is InChI=1S/C22H18N2O4.C14H12N2O2.C2H3N.CH4/c1-13(2)21-23-17-15-10-6-7-11-16(15)19(25)20(26)18(17)24(21)22(27)28-12-14-8-4-3-5-9-14;1-7(2)14-15-10-8-5-3-4-6-9(8)12(17)13(18)11(10)16-14;1-2-3;/h3-11,13H,12H2,1-2H3;3-7H,1-2H3,(H,15,16);1H3;1H4. The molecule has 11 heteroatoms. The van der Waals surface area contributed by atoms with Crippen molar-refractivity contribution >= 4 is 29.2 Å². The molecule has 1 N–H and O–H groups in total. The number of nitrogens with zero attached hydrogens (tertiary/aromatic N) is 4. The van der Waals surface area contributed by atoms with Crippen LogP contribution in [-0.4, -0.2) is 48.7 Å². The summed E-state index contributed by atoms with van der Waals surface area (Å²) in [5, 5.41) is 7.32. The molecule has 7 rings (SSSR count). The SMILES string of the molecule is C.CC#N.CC(C)c1nc2c([nH]1)C(=O)C(=O)c1ccccc1-2.CC(C)c1nc2c(n1C(=O)OCc1ccccc1)C(=O)C(=O)c1ccccc1-2. The van der Waals surface area contributed by atoms with Crippen molar-refractivity contribution in [1.29, 1.82) is 5.26 Å². The summed E-state index contributed by atoms with van der Waals surface area (Å²) in [6.45, 7) is 9.20. The Morgan fingerprint density at radius 2 is 1.24 bits per heavy atom. The lowest BCUT2D eigenvalue weighted by molar-refractivity contribution is 0.0807. The molecule has 0 bridgehead atoms. The van der Waals surface area contributed by atoms with Crippen LogP contribution >= 0.6 is 0 Å². The van der Waals surface area contributed by atoms with Gasteiger partial charge in [0.15, 0.2) is 0 Å². The number of benzene rings is 3. The Bertz CT molecular complexity index is 2150. The summed E-state index contributed by atoms with van der Waals surface area (Å²) >= 11 is 0. The molecule has 50 heavy (non-hydrogen) atoms. The van der Waals surface area contributed by atoms with Crippen molar-refractivity contribution in [1.82, 2.24) is 19.5 Å². The van der Waals surface area contributed by atoms with Crippen molar-refractivity contribution in [2.45, 2.75) is 60.5 Å². The molecule has 2 aliphatic rings. The number of aromatic nitrogens is 4. The molecule has 0 radical (unpaired) electrons. The molecule has 0 atom stereocenters. The first-order chi connectivity index (χ1) is 23.5. The van der Waals surface area contributed by atoms with Crippen molar-refractivity contribution in [3.05, 3.63) is 119 Å². The topological polar surface area (TPSA) is 165 Å². The summed E-state index contributed by atoms with van der Waals surface area (Å²) in [4.78, 5) is 74.2. The minimum absolute atomic E-state index is 0. The predicted octanol–water partition coefficient (Wildman–Crippen LogP) is 7.98. The molecule has 0 unspecified atom stereocenters. The maximum atomic E-state index is 12.9. The Balaban J connectivity index is 0.000000220. The van der Waals surface area contributed by atoms with Crippen LogP contribution in [0.4, 0.5) is 4.79 Å². The lowest BCUT2D eigenvalue weighted by Gasteiger charge is -2.16. The largest absolute Gasteiger partial charge is 0.444 e. The van der Waals surface area contributed by atoms with Crippen LogP contribution in [0.1, 0.15) is 113 Å². The number of aromatic amines is 1. The minimum atomic E-state index is -0.746. The van der Waals surface area contributed by atoms with Crippen molar-refractivity contribution in [2.75, 3.05) is 0 Å². The van der Waals surface area contributed by atoms with Gasteiger partial charge in [-0.25, -0.2) is 19.3 Å². The monoisotopic (exact) mass is 671 g/mol. The number of carbonyl (C=O) groups is 5. The van der Waals surface area contributed by atoms with Gasteiger partial charge in [0.2, 0.25) is 11.6 Å². The second kappa shape index (κ2) is 15.3. The van der Waals surface area contributed by atoms with Crippen molar-refractivity contribution < 1.29 is 28.7 Å². The highest BCUT2D eigenvalue weighted by Gasteiger charge is 2.38. The molecule has 2 heterocycles. The van der Waals surface area contributed by atoms with Crippen LogP contribution in [0.3, 0.4) is 0 Å². The predicted molar refractivity (Wildman–Crippen MR) is 187 cm³/mol. The van der Waals surface area contributed by atoms with E-state index in [1.165, 1.54) is 6.92 Å². The molecule has 0 spiro atoms. The van der Waals surface area contributed by atoms with Crippen LogP contribution in [0.15, 0.2) is 78.9 Å². The third kappa shape index (κ3) is 6.82. The number of hydrogen-bond acceptors (Lipinski definition) is 9. The van der Waals surface area contributed by atoms with Gasteiger partial charge in [0.25, 0.3) is 11.6 Å². The number of rotatable bonds is 4. The Hall–Kier alpha value is -6.28. The van der Waals surface area contributed by atoms with Gasteiger partial charge in [0.1, 0.15) is 41.0 Å². The molecule has 0 saturated carbocycles. The highest BCUT2D eigenvalue weighted by Crippen LogP contribution is 2.36. The number of imidazole rings is 2. The van der Waals surface area contributed by atoms with E-state index in [0.29, 0.717) is 39.6 Å². The van der Waals surface area contributed by atoms with Gasteiger partial charge in [0, 0.05) is 41.0 Å². The Labute approximate surface area is 290 Å². The fourth-order valence-electron chi connectivity index (χ4n) is 5.46. The van der Waals surface area contributed by atoms with Gasteiger partial charge < -0.3 is 9.72 Å². The maximum absolute atomic E-state index is 12.9. The van der Waals surface area contributed by atoms with Gasteiger partial charge >= 0.3 is 6.09 Å². The van der Waals surface area contributed by atoms with E-state index in [-0.39, 0.29) is 31.6 Å². The van der Waals surface area contributed by atoms with Crippen LogP contribution < -0.4 is 0 Å². The third-order valence-corrected chi connectivity index (χ3v) is 7.78. The zero-order valence-electron chi connectivity index (χ0n) is 27.6. The summed E-state index contributed by atoms with van der Waals surface area (Å²) in [5.74, 6) is -1.19. The lowest BCUT2D eigenvalue weighted by atomic mass is 9.90. The average Bonchev–Trinajstić information content (AvgIpc) is 3.74. The first kappa shape index (κ1) is 36.6. The summed E-state index contributed by atoms with van der Waals surface area (Å²) in [6, 6.07) is 24.9. The molecular weight excluding hydrogens is 634 g/mol. The molecule has 5 aromatic rings. The second-order valence-corrected chi connectivity index (χ2v) is 11.8. The fraction of sp³-hybridized carbons (Fsp3) is 0.231. The maximum Gasteiger partial charge on any atom is 0.420 e. The van der Waals surface area contributed by atoms with E-state index in [1.807, 2.05) is 70.2 Å². The summed E-state index contributed by atoms with van der Waals surface area (Å²) < 4.78 is 6.57. The lowest BCUT2D eigenvalue weighted by Crippen LogP contribution is -2.28. The van der Waals surface area contributed by atoms with Gasteiger partial charge in [-0.05, 0) is 5.56 Å². The molecule has 0 fully saturated rings. The Morgan fingerprint density at radius 3 is 1.78 bits per heavy atom. The molecule has 3 aromatic carbocycles. The molecule has 2 aliphatic carbocycles. The van der Waals surface area contributed by atoms with E-state index < -0.39 is 29.2 Å². The van der Waals surface area contributed by atoms with Gasteiger partial charge in [-0.1, -0.05) is 114 Å². The highest BCUT2D eigenvalue weighted by atomic mass is 16.5. The normalized spacial score (nSPS) is 12.2. The van der Waals surface area contributed by atoms with E-state index in [4.69, 9.17) is 10.00 Å². The number of ether oxygens (including phenoxy) is 1. The number of nitrogens with one attached hydrogen (secondary N) is 1. The van der Waals surface area contributed by atoms with Gasteiger partial charge in [-0.3, -0.25) is 19.2 Å². The molecule has 0 saturated heterocycles. The van der Waals surface area contributed by atoms with E-state index in [0.717, 1.165) is 21.5 Å². The molecule has 254 valence electrons. The van der Waals surface area contributed by atoms with E-state index >= 15 is 0 Å². The number of nitriles is 1. The molecule has 11 nitrogen and oxygen atoms in total. The first-order valence-corrected chi connectivity index (χ1v) is 15.6. The second-order valence-electron chi connectivity index (χ2n) is 11.8. The number of H-pyrrole nitrogens is 1. The van der Waals surface area contributed by atoms with E-state index in [2.05, 4.69) is 15.0 Å². The average molecular weight is 672 g/mol. The summed E-state index contributed by atoms with van der Waals surface area (Å²) in [5.41, 5.74) is 4.10. The van der Waals surface area contributed by atoms with Crippen molar-refractivity contribution in [2.24, 2.45) is 0 Å². The van der Waals surface area contributed by atoms with Crippen LogP contribution in [-0.2, 0) is 11.3 Å². The summed E-state index contributed by atoms with van der Waals surface area (Å²) in [6.07, 6.45) is -0.721. The first-order valence-electron chi connectivity index (χ1n) is 15.6. The van der Waals surface area contributed by atoms with Crippen LogP contribution in [0.25, 0.3) is 22.5 Å². The molecular formula is C39H37N5O6. The fourth-order valence-corrected chi connectivity index (χ4v) is 5.46. The van der Waals surface area contributed by atoms with Gasteiger partial charge in [-0.15, -0.1) is 0 Å². The van der Waals surface area contributed by atoms with Crippen molar-refractivity contribution in [3.63, 3.8) is 0 Å². The number of carbonyl (C=O) groups excluding carboxylic acids is 5. The van der Waals surface area contributed by atoms with E-state index in [1.54, 1.807) is 42.5 Å². The van der Waals surface area contributed by atoms with Crippen LogP contribution in [0, 0.1) is 11.3 Å². The van der Waals surface area contributed by atoms with Crippen molar-refractivity contribution in [3.8, 4) is 28.6 Å². The summed E-state index contributed by atoms with van der Waals surface area (Å²) in [7, 11) is 0. The van der Waals surface area contributed by atoms with Gasteiger partial charge in [-0.2, -0.15) is 5.26 Å². The number of hydrogen-bond donors (Lipinski definition) is 1. The zero-order valence-corrected chi connectivity index (χ0v) is 27.6. The quantitative estimate of drug-likeness (QED) is 0.186. The Morgan fingerprint density at radius 1 is 0.740 bits per heavy atom. The zero-order chi connectivity index (χ0) is 35.4. The smallest absolute Gasteiger partial charge is 0.420 e. The van der Waals surface area contributed by atoms with E-state index in [9.17, 15) is 24.0 Å². The number of Topliss-reactive ketones (excluding diaryl/α,β-unsaturated/α-hetero) is 4. The number of ketones is 4. The third-order valence-electron chi connectivity index (χ3n) is 7.78. The molecule has 0 amide bonds. The van der Waals surface area contributed by atoms with Crippen LogP contribution in [0.2, 0.25) is 0 Å².